The topological polar surface area (TPSA) is 193 Å². The van der Waals surface area contributed by atoms with Gasteiger partial charge in [-0.25, -0.2) is 0 Å². The Bertz CT molecular complexity index is 1590. The van der Waals surface area contributed by atoms with E-state index < -0.39 is 54.7 Å². The number of methoxy groups -OCH3 is 1. The van der Waals surface area contributed by atoms with Crippen LogP contribution >= 0.6 is 0 Å². The molecule has 15 heteroatoms. The third-order valence-corrected chi connectivity index (χ3v) is 9.68. The van der Waals surface area contributed by atoms with Crippen LogP contribution in [0.1, 0.15) is 110 Å². The van der Waals surface area contributed by atoms with Crippen LogP contribution in [0.4, 0.5) is 0 Å². The molecule has 6 amide bonds. The van der Waals surface area contributed by atoms with Gasteiger partial charge < -0.3 is 40.5 Å². The number of carbonyl (C=O) groups is 7. The lowest BCUT2D eigenvalue weighted by atomic mass is 9.83. The number of carbonyl (C=O) groups excluding carboxylic acids is 7. The number of benzene rings is 1. The zero-order valence-corrected chi connectivity index (χ0v) is 37.6. The molecule has 3 unspecified atom stereocenters. The van der Waals surface area contributed by atoms with Crippen LogP contribution in [-0.2, 0) is 43.0 Å². The van der Waals surface area contributed by atoms with Crippen molar-refractivity contribution >= 4 is 41.2 Å². The number of unbranched alkanes of at least 4 members (excludes halogenated alkanes) is 1. The van der Waals surface area contributed by atoms with Crippen LogP contribution in [0.5, 0.6) is 0 Å². The fourth-order valence-electron chi connectivity index (χ4n) is 6.66. The third-order valence-electron chi connectivity index (χ3n) is 9.68. The molecule has 0 bridgehead atoms. The van der Waals surface area contributed by atoms with Crippen LogP contribution < -0.4 is 21.3 Å². The zero-order valence-electron chi connectivity index (χ0n) is 37.6. The lowest BCUT2D eigenvalue weighted by Gasteiger charge is -2.34. The zero-order chi connectivity index (χ0) is 45.6. The van der Waals surface area contributed by atoms with Crippen molar-refractivity contribution in [3.63, 3.8) is 0 Å². The quantitative estimate of drug-likeness (QED) is 0.0555. The molecule has 1 aliphatic carbocycles. The van der Waals surface area contributed by atoms with E-state index in [0.29, 0.717) is 56.8 Å². The molecule has 340 valence electrons. The first kappa shape index (κ1) is 53.7. The largest absolute Gasteiger partial charge is 0.491 e. The number of nitrogens with one attached hydrogen (secondary N) is 4. The molecule has 15 nitrogen and oxygen atoms in total. The van der Waals surface area contributed by atoms with Crippen molar-refractivity contribution in [3.05, 3.63) is 72.5 Å². The van der Waals surface area contributed by atoms with Crippen LogP contribution in [0.3, 0.4) is 0 Å². The summed E-state index contributed by atoms with van der Waals surface area (Å²) in [5.74, 6) is -3.73. The molecule has 2 fully saturated rings. The van der Waals surface area contributed by atoms with Crippen LogP contribution in [0.15, 0.2) is 67.0 Å². The van der Waals surface area contributed by atoms with E-state index >= 15 is 0 Å². The maximum absolute atomic E-state index is 14.0. The standard InChI is InChI=1S/C41H58N6O9.C3H8.C2H6/c1-5-31(56-26-25-55-4)21-14-6-7-15-23-34(49)44-37(30-19-12-9-13-20-30)41(54)47-24-16-22-32(47)38(51)42-27-33(48)39(52)43-28-35(50)45-36(40(53)46(2)3)29-17-10-8-11-18-29;1-3-2;1-2/h5-6,8,10-11,14,17-18,21,30,32,36-37H,1,7,9,12-13,15-16,19-20,22-28H2,2-4H3,(H,42,51)(H,43,52)(H,44,49)(H,45,50);3H2,1-2H3;1-2H3/b14-6-,31-21+;;. The molecule has 1 saturated heterocycles. The highest BCUT2D eigenvalue weighted by Crippen LogP contribution is 2.29. The van der Waals surface area contributed by atoms with Gasteiger partial charge >= 0.3 is 0 Å². The highest BCUT2D eigenvalue weighted by atomic mass is 16.5. The fourth-order valence-corrected chi connectivity index (χ4v) is 6.66. The van der Waals surface area contributed by atoms with Gasteiger partial charge in [-0.1, -0.05) is 102 Å². The summed E-state index contributed by atoms with van der Waals surface area (Å²) in [5.41, 5.74) is 0.549. The molecule has 2 aliphatic rings. The Hall–Kier alpha value is -5.31. The number of amides is 6. The summed E-state index contributed by atoms with van der Waals surface area (Å²) < 4.78 is 10.5. The number of hydrogen-bond acceptors (Lipinski definition) is 9. The Morgan fingerprint density at radius 2 is 1.56 bits per heavy atom. The minimum atomic E-state index is -1.09. The molecule has 3 rings (SSSR count). The van der Waals surface area contributed by atoms with Crippen molar-refractivity contribution in [1.29, 1.82) is 0 Å². The third kappa shape index (κ3) is 20.2. The van der Waals surface area contributed by atoms with Gasteiger partial charge in [0, 0.05) is 34.2 Å². The van der Waals surface area contributed by atoms with Crippen LogP contribution in [0.25, 0.3) is 0 Å². The highest BCUT2D eigenvalue weighted by Gasteiger charge is 2.40. The van der Waals surface area contributed by atoms with Crippen LogP contribution in [0.2, 0.25) is 0 Å². The van der Waals surface area contributed by atoms with Gasteiger partial charge in [0.2, 0.25) is 35.3 Å². The van der Waals surface area contributed by atoms with E-state index in [4.69, 9.17) is 9.47 Å². The van der Waals surface area contributed by atoms with Crippen LogP contribution in [0, 0.1) is 5.92 Å². The molecule has 0 aromatic heterocycles. The Morgan fingerprint density at radius 1 is 0.885 bits per heavy atom. The summed E-state index contributed by atoms with van der Waals surface area (Å²) in [6.45, 7) is 12.0. The maximum Gasteiger partial charge on any atom is 0.289 e. The number of nitrogens with zero attached hydrogens (tertiary/aromatic N) is 2. The van der Waals surface area contributed by atoms with Crippen molar-refractivity contribution in [3.8, 4) is 0 Å². The van der Waals surface area contributed by atoms with Crippen molar-refractivity contribution < 1.29 is 43.0 Å². The SMILES string of the molecule is C=C/C(=C\C=C/CCCC(=O)NC(C(=O)N1CCCC1C(=O)NCC(=O)C(=O)NCC(=O)NC(C(=O)N(C)C)c1ccccc1)C1CCCCC1)OCCOC.CC.CCC. The number of ketones is 1. The smallest absolute Gasteiger partial charge is 0.289 e. The van der Waals surface area contributed by atoms with Gasteiger partial charge in [0.1, 0.15) is 30.5 Å². The van der Waals surface area contributed by atoms with E-state index in [-0.39, 0.29) is 30.1 Å². The summed E-state index contributed by atoms with van der Waals surface area (Å²) in [6.07, 6.45) is 15.3. The van der Waals surface area contributed by atoms with Gasteiger partial charge in [-0.3, -0.25) is 33.6 Å². The number of allylic oxidation sites excluding steroid dienone is 4. The normalized spacial score (nSPS) is 16.0. The molecule has 3 atom stereocenters. The van der Waals surface area contributed by atoms with Gasteiger partial charge in [0.25, 0.3) is 5.91 Å². The molecule has 0 spiro atoms. The summed E-state index contributed by atoms with van der Waals surface area (Å²) in [5, 5.41) is 10.3. The second kappa shape index (κ2) is 31.5. The first-order valence-corrected chi connectivity index (χ1v) is 21.7. The number of Topliss-reactive ketones (excluding diaryl/α,β-unsaturated/α-hetero) is 1. The Kier molecular flexibility index (Phi) is 27.8. The Balaban J connectivity index is 0.00000355. The molecule has 1 aliphatic heterocycles. The molecular weight excluding hydrogens is 781 g/mol. The van der Waals surface area contributed by atoms with Gasteiger partial charge in [0.05, 0.1) is 19.7 Å². The Labute approximate surface area is 363 Å². The average Bonchev–Trinajstić information content (AvgIpc) is 3.78. The number of hydrogen-bond donors (Lipinski definition) is 4. The lowest BCUT2D eigenvalue weighted by Crippen LogP contribution is -2.56. The molecule has 0 radical (unpaired) electrons. The summed E-state index contributed by atoms with van der Waals surface area (Å²) in [7, 11) is 4.70. The predicted molar refractivity (Wildman–Crippen MR) is 237 cm³/mol. The maximum atomic E-state index is 14.0. The van der Waals surface area contributed by atoms with Gasteiger partial charge in [0.15, 0.2) is 0 Å². The van der Waals surface area contributed by atoms with Gasteiger partial charge in [-0.2, -0.15) is 0 Å². The lowest BCUT2D eigenvalue weighted by molar-refractivity contribution is -0.143. The van der Waals surface area contributed by atoms with Crippen molar-refractivity contribution in [2.75, 3.05) is 54.1 Å². The van der Waals surface area contributed by atoms with E-state index in [1.54, 1.807) is 63.7 Å². The fraction of sp³-hybridized carbons (Fsp3) is 0.587. The van der Waals surface area contributed by atoms with E-state index in [9.17, 15) is 33.6 Å². The number of rotatable bonds is 22. The number of ether oxygens (including phenoxy) is 2. The van der Waals surface area contributed by atoms with Crippen molar-refractivity contribution in [2.45, 2.75) is 116 Å². The average molecular weight is 853 g/mol. The van der Waals surface area contributed by atoms with Crippen molar-refractivity contribution in [2.24, 2.45) is 5.92 Å². The molecule has 1 aromatic carbocycles. The highest BCUT2D eigenvalue weighted by molar-refractivity contribution is 6.37. The Morgan fingerprint density at radius 3 is 2.18 bits per heavy atom. The summed E-state index contributed by atoms with van der Waals surface area (Å²) in [4.78, 5) is 93.8. The summed E-state index contributed by atoms with van der Waals surface area (Å²) in [6, 6.07) is 5.97. The molecule has 4 N–H and O–H groups in total. The van der Waals surface area contributed by atoms with E-state index in [1.807, 2.05) is 26.0 Å². The van der Waals surface area contributed by atoms with E-state index in [0.717, 1.165) is 32.1 Å². The first-order chi connectivity index (χ1) is 29.4. The van der Waals surface area contributed by atoms with Gasteiger partial charge in [-0.15, -0.1) is 0 Å². The van der Waals surface area contributed by atoms with Crippen LogP contribution in [-0.4, -0.2) is 117 Å². The van der Waals surface area contributed by atoms with E-state index in [1.165, 1.54) is 16.2 Å². The molecule has 1 heterocycles. The molecule has 1 saturated carbocycles. The molecule has 1 aromatic rings. The summed E-state index contributed by atoms with van der Waals surface area (Å²) >= 11 is 0. The number of likely N-dealkylation sites (tertiary alicyclic amines) is 1. The predicted octanol–water partition coefficient (Wildman–Crippen LogP) is 4.69. The molecule has 61 heavy (non-hydrogen) atoms. The van der Waals surface area contributed by atoms with E-state index in [2.05, 4.69) is 41.7 Å². The van der Waals surface area contributed by atoms with Crippen molar-refractivity contribution in [1.82, 2.24) is 31.1 Å². The van der Waals surface area contributed by atoms with Gasteiger partial charge in [-0.05, 0) is 62.2 Å². The molecular formula is C46H72N6O9. The number of likely N-dealkylation sites (N-methyl/N-ethyl adjacent to an activating group) is 1. The second-order valence-electron chi connectivity index (χ2n) is 14.7. The first-order valence-electron chi connectivity index (χ1n) is 21.7. The second-order valence-corrected chi connectivity index (χ2v) is 14.7. The minimum Gasteiger partial charge on any atom is -0.491 e. The minimum absolute atomic E-state index is 0.0589. The monoisotopic (exact) mass is 853 g/mol.